The standard InChI is InChI=1S/C12H12F2N4O/c1-18(12(19)10-5-11(15)17-16-10)6-7-2-3-8(13)9(14)4-7/h2-5H,6H2,1H3,(H3,15,16,17). The van der Waals surface area contributed by atoms with Gasteiger partial charge in [-0.2, -0.15) is 5.10 Å². The molecule has 2 rings (SSSR count). The van der Waals surface area contributed by atoms with Gasteiger partial charge in [-0.05, 0) is 17.7 Å². The van der Waals surface area contributed by atoms with E-state index in [1.807, 2.05) is 0 Å². The number of carbonyl (C=O) groups excluding carboxylic acids is 1. The lowest BCUT2D eigenvalue weighted by Crippen LogP contribution is -2.26. The summed E-state index contributed by atoms with van der Waals surface area (Å²) in [5.74, 6) is -1.98. The number of anilines is 1. The molecule has 0 aliphatic carbocycles. The molecule has 0 fully saturated rings. The summed E-state index contributed by atoms with van der Waals surface area (Å²) in [4.78, 5) is 13.3. The van der Waals surface area contributed by atoms with Gasteiger partial charge in [0.15, 0.2) is 11.6 Å². The minimum absolute atomic E-state index is 0.148. The number of carbonyl (C=O) groups is 1. The van der Waals surface area contributed by atoms with E-state index >= 15 is 0 Å². The number of H-pyrrole nitrogens is 1. The molecule has 0 unspecified atom stereocenters. The normalized spacial score (nSPS) is 10.5. The molecule has 1 heterocycles. The molecule has 0 saturated heterocycles. The van der Waals surface area contributed by atoms with Gasteiger partial charge in [-0.3, -0.25) is 9.89 Å². The second-order valence-corrected chi connectivity index (χ2v) is 4.12. The number of rotatable bonds is 3. The van der Waals surface area contributed by atoms with Gasteiger partial charge in [-0.1, -0.05) is 6.07 Å². The fourth-order valence-corrected chi connectivity index (χ4v) is 1.64. The first-order chi connectivity index (χ1) is 8.97. The molecule has 19 heavy (non-hydrogen) atoms. The van der Waals surface area contributed by atoms with Gasteiger partial charge in [0.1, 0.15) is 11.5 Å². The minimum atomic E-state index is -0.941. The number of nitrogen functional groups attached to an aromatic ring is 1. The molecule has 0 bridgehead atoms. The van der Waals surface area contributed by atoms with Crippen molar-refractivity contribution in [2.75, 3.05) is 12.8 Å². The Balaban J connectivity index is 2.10. The summed E-state index contributed by atoms with van der Waals surface area (Å²) in [6, 6.07) is 4.91. The molecule has 5 nitrogen and oxygen atoms in total. The highest BCUT2D eigenvalue weighted by Crippen LogP contribution is 2.12. The average Bonchev–Trinajstić information content (AvgIpc) is 2.79. The van der Waals surface area contributed by atoms with Crippen molar-refractivity contribution in [2.45, 2.75) is 6.54 Å². The molecule has 0 radical (unpaired) electrons. The van der Waals surface area contributed by atoms with Crippen molar-refractivity contribution >= 4 is 11.7 Å². The van der Waals surface area contributed by atoms with Crippen LogP contribution in [0.15, 0.2) is 24.3 Å². The number of hydrogen-bond acceptors (Lipinski definition) is 3. The molecule has 0 saturated carbocycles. The smallest absolute Gasteiger partial charge is 0.271 e. The summed E-state index contributed by atoms with van der Waals surface area (Å²) in [5, 5.41) is 6.14. The van der Waals surface area contributed by atoms with Gasteiger partial charge in [0.2, 0.25) is 0 Å². The lowest BCUT2D eigenvalue weighted by molar-refractivity contribution is 0.0779. The van der Waals surface area contributed by atoms with Crippen molar-refractivity contribution < 1.29 is 13.6 Å². The number of hydrogen-bond donors (Lipinski definition) is 2. The molecule has 1 aromatic heterocycles. The molecule has 1 aromatic carbocycles. The van der Waals surface area contributed by atoms with Gasteiger partial charge in [0, 0.05) is 19.7 Å². The summed E-state index contributed by atoms with van der Waals surface area (Å²) < 4.78 is 25.8. The lowest BCUT2D eigenvalue weighted by atomic mass is 10.2. The molecular weight excluding hydrogens is 254 g/mol. The van der Waals surface area contributed by atoms with E-state index in [0.29, 0.717) is 5.56 Å². The third kappa shape index (κ3) is 2.87. The van der Waals surface area contributed by atoms with Crippen LogP contribution in [0.4, 0.5) is 14.6 Å². The second-order valence-electron chi connectivity index (χ2n) is 4.12. The number of aromatic nitrogens is 2. The van der Waals surface area contributed by atoms with Crippen molar-refractivity contribution in [3.8, 4) is 0 Å². The summed E-state index contributed by atoms with van der Waals surface area (Å²) in [6.07, 6.45) is 0. The van der Waals surface area contributed by atoms with E-state index in [2.05, 4.69) is 10.2 Å². The summed E-state index contributed by atoms with van der Waals surface area (Å²) >= 11 is 0. The maximum atomic E-state index is 13.0. The monoisotopic (exact) mass is 266 g/mol. The van der Waals surface area contributed by atoms with Gasteiger partial charge in [0.25, 0.3) is 5.91 Å². The van der Waals surface area contributed by atoms with Crippen LogP contribution in [0.1, 0.15) is 16.1 Å². The van der Waals surface area contributed by atoms with E-state index in [1.165, 1.54) is 17.0 Å². The van der Waals surface area contributed by atoms with E-state index in [-0.39, 0.29) is 24.0 Å². The predicted molar refractivity (Wildman–Crippen MR) is 65.2 cm³/mol. The van der Waals surface area contributed by atoms with Gasteiger partial charge in [-0.25, -0.2) is 8.78 Å². The Morgan fingerprint density at radius 3 is 2.68 bits per heavy atom. The van der Waals surface area contributed by atoms with E-state index < -0.39 is 11.6 Å². The zero-order chi connectivity index (χ0) is 14.0. The number of nitrogens with zero attached hydrogens (tertiary/aromatic N) is 2. The maximum Gasteiger partial charge on any atom is 0.271 e. The van der Waals surface area contributed by atoms with Crippen LogP contribution in [0.5, 0.6) is 0 Å². The van der Waals surface area contributed by atoms with E-state index in [0.717, 1.165) is 12.1 Å². The molecule has 0 aliphatic heterocycles. The van der Waals surface area contributed by atoms with Crippen molar-refractivity contribution in [1.82, 2.24) is 15.1 Å². The fourth-order valence-electron chi connectivity index (χ4n) is 1.64. The fraction of sp³-hybridized carbons (Fsp3) is 0.167. The highest BCUT2D eigenvalue weighted by Gasteiger charge is 2.15. The van der Waals surface area contributed by atoms with Crippen LogP contribution in [-0.4, -0.2) is 28.1 Å². The first kappa shape index (κ1) is 13.0. The highest BCUT2D eigenvalue weighted by atomic mass is 19.2. The largest absolute Gasteiger partial charge is 0.382 e. The molecule has 3 N–H and O–H groups in total. The van der Waals surface area contributed by atoms with Crippen molar-refractivity contribution in [3.63, 3.8) is 0 Å². The van der Waals surface area contributed by atoms with Crippen LogP contribution >= 0.6 is 0 Å². The van der Waals surface area contributed by atoms with Gasteiger partial charge in [0.05, 0.1) is 0 Å². The molecule has 0 aliphatic rings. The molecule has 100 valence electrons. The Morgan fingerprint density at radius 2 is 2.11 bits per heavy atom. The number of nitrogens with two attached hydrogens (primary N) is 1. The quantitative estimate of drug-likeness (QED) is 0.884. The zero-order valence-electron chi connectivity index (χ0n) is 10.2. The molecule has 0 spiro atoms. The molecule has 7 heteroatoms. The zero-order valence-corrected chi connectivity index (χ0v) is 10.2. The molecule has 0 atom stereocenters. The van der Waals surface area contributed by atoms with Crippen molar-refractivity contribution in [2.24, 2.45) is 0 Å². The number of benzene rings is 1. The van der Waals surface area contributed by atoms with E-state index in [9.17, 15) is 13.6 Å². The average molecular weight is 266 g/mol. The Kier molecular flexibility index (Phi) is 3.46. The Hall–Kier alpha value is -2.44. The van der Waals surface area contributed by atoms with Crippen LogP contribution < -0.4 is 5.73 Å². The van der Waals surface area contributed by atoms with E-state index in [4.69, 9.17) is 5.73 Å². The lowest BCUT2D eigenvalue weighted by Gasteiger charge is -2.16. The topological polar surface area (TPSA) is 75.0 Å². The Labute approximate surface area is 108 Å². The highest BCUT2D eigenvalue weighted by molar-refractivity contribution is 5.92. The van der Waals surface area contributed by atoms with Crippen LogP contribution in [0, 0.1) is 11.6 Å². The first-order valence-electron chi connectivity index (χ1n) is 5.47. The van der Waals surface area contributed by atoms with Crippen LogP contribution in [0.25, 0.3) is 0 Å². The third-order valence-electron chi connectivity index (χ3n) is 2.58. The SMILES string of the molecule is CN(Cc1ccc(F)c(F)c1)C(=O)c1cc(N)n[nH]1. The molecular formula is C12H12F2N4O. The van der Waals surface area contributed by atoms with Crippen LogP contribution in [0.2, 0.25) is 0 Å². The van der Waals surface area contributed by atoms with E-state index in [1.54, 1.807) is 7.05 Å². The molecule has 1 amide bonds. The number of halogens is 2. The second kappa shape index (κ2) is 5.05. The number of nitrogens with one attached hydrogen (secondary N) is 1. The predicted octanol–water partition coefficient (Wildman–Crippen LogP) is 1.54. The summed E-state index contributed by atoms with van der Waals surface area (Å²) in [7, 11) is 1.54. The number of amides is 1. The van der Waals surface area contributed by atoms with Gasteiger partial charge >= 0.3 is 0 Å². The molecule has 2 aromatic rings. The number of aromatic amines is 1. The Morgan fingerprint density at radius 1 is 1.37 bits per heavy atom. The Bertz CT molecular complexity index is 612. The summed E-state index contributed by atoms with van der Waals surface area (Å²) in [5.41, 5.74) is 6.13. The van der Waals surface area contributed by atoms with Gasteiger partial charge < -0.3 is 10.6 Å². The van der Waals surface area contributed by atoms with Gasteiger partial charge in [-0.15, -0.1) is 0 Å². The van der Waals surface area contributed by atoms with Crippen LogP contribution in [0.3, 0.4) is 0 Å². The van der Waals surface area contributed by atoms with Crippen molar-refractivity contribution in [3.05, 3.63) is 47.2 Å². The first-order valence-corrected chi connectivity index (χ1v) is 5.47. The van der Waals surface area contributed by atoms with Crippen LogP contribution in [-0.2, 0) is 6.54 Å². The summed E-state index contributed by atoms with van der Waals surface area (Å²) in [6.45, 7) is 0.148. The maximum absolute atomic E-state index is 13.0. The van der Waals surface area contributed by atoms with Crippen molar-refractivity contribution in [1.29, 1.82) is 0 Å². The third-order valence-corrected chi connectivity index (χ3v) is 2.58. The minimum Gasteiger partial charge on any atom is -0.382 e.